The van der Waals surface area contributed by atoms with Gasteiger partial charge in [0.05, 0.1) is 23.0 Å². The van der Waals surface area contributed by atoms with E-state index in [0.717, 1.165) is 0 Å². The minimum atomic E-state index is 0.604. The van der Waals surface area contributed by atoms with E-state index >= 15 is 0 Å². The molecule has 0 heteroatoms. The number of benzene rings is 1. The lowest BCUT2D eigenvalue weighted by Crippen LogP contribution is -2.22. The second-order valence-corrected chi connectivity index (χ2v) is 5.01. The Hall–Kier alpha value is -1.43. The summed E-state index contributed by atoms with van der Waals surface area (Å²) in [5.41, 5.74) is 8.95. The van der Waals surface area contributed by atoms with Gasteiger partial charge in [0, 0.05) is 12.5 Å². The maximum absolute atomic E-state index is 2.32. The molecule has 0 saturated carbocycles. The number of hydrogen-bond acceptors (Lipinski definition) is 0. The van der Waals surface area contributed by atoms with Gasteiger partial charge in [-0.2, -0.15) is 0 Å². The van der Waals surface area contributed by atoms with Gasteiger partial charge in [0.15, 0.2) is 0 Å². The molecule has 0 radical (unpaired) electrons. The van der Waals surface area contributed by atoms with E-state index in [1.807, 2.05) is 0 Å². The molecule has 0 fully saturated rings. The molecule has 0 nitrogen and oxygen atoms in total. The Morgan fingerprint density at radius 2 is 1.56 bits per heavy atom. The molecule has 1 aromatic carbocycles. The van der Waals surface area contributed by atoms with Crippen molar-refractivity contribution in [1.29, 1.82) is 0 Å². The summed E-state index contributed by atoms with van der Waals surface area (Å²) in [6, 6.07) is 8.77. The Morgan fingerprint density at radius 3 is 2.19 bits per heavy atom. The van der Waals surface area contributed by atoms with E-state index in [9.17, 15) is 0 Å². The van der Waals surface area contributed by atoms with Crippen molar-refractivity contribution in [2.45, 2.75) is 27.7 Å². The van der Waals surface area contributed by atoms with Crippen LogP contribution in [0, 0.1) is 11.8 Å². The van der Waals surface area contributed by atoms with Gasteiger partial charge in [0.1, 0.15) is 11.1 Å². The molecule has 0 amide bonds. The van der Waals surface area contributed by atoms with Crippen molar-refractivity contribution < 1.29 is 0 Å². The van der Waals surface area contributed by atoms with Crippen LogP contribution in [-0.2, 0) is 0 Å². The quantitative estimate of drug-likeness (QED) is 0.552. The van der Waals surface area contributed by atoms with E-state index < -0.39 is 0 Å². The first-order chi connectivity index (χ1) is 7.63. The van der Waals surface area contributed by atoms with Crippen LogP contribution < -0.4 is 0 Å². The standard InChI is InChI=1S/C16H17/c1-9-10(2)12(4)16-14-8-6-5-7-13(14)15(16)11(9)3/h5-9H,1-4H3/q+1. The van der Waals surface area contributed by atoms with Crippen LogP contribution in [-0.4, -0.2) is 0 Å². The highest BCUT2D eigenvalue weighted by molar-refractivity contribution is 6.20. The molecule has 0 saturated heterocycles. The summed E-state index contributed by atoms with van der Waals surface area (Å²) in [7, 11) is 0. The van der Waals surface area contributed by atoms with E-state index in [-0.39, 0.29) is 0 Å². The van der Waals surface area contributed by atoms with Gasteiger partial charge in [0.25, 0.3) is 0 Å². The van der Waals surface area contributed by atoms with Crippen LogP contribution in [0.15, 0.2) is 35.4 Å². The third kappa shape index (κ3) is 0.974. The maximum Gasteiger partial charge on any atom is 0.124 e. The van der Waals surface area contributed by atoms with Gasteiger partial charge in [-0.05, 0) is 32.4 Å². The zero-order valence-electron chi connectivity index (χ0n) is 10.4. The zero-order chi connectivity index (χ0) is 11.4. The van der Waals surface area contributed by atoms with Crippen molar-refractivity contribution >= 4 is 11.1 Å². The van der Waals surface area contributed by atoms with Crippen molar-refractivity contribution in [3.63, 3.8) is 0 Å². The van der Waals surface area contributed by atoms with Crippen LogP contribution >= 0.6 is 0 Å². The number of fused-ring (bicyclic) bond motifs is 4. The van der Waals surface area contributed by atoms with Gasteiger partial charge in [-0.1, -0.05) is 18.2 Å². The molecule has 0 N–H and O–H groups in total. The molecule has 80 valence electrons. The fraction of sp³-hybridized carbons (Fsp3) is 0.312. The average Bonchev–Trinajstić information content (AvgIpc) is 2.27. The summed E-state index contributed by atoms with van der Waals surface area (Å²) in [5.74, 6) is 2.14. The molecule has 0 bridgehead atoms. The lowest BCUT2D eigenvalue weighted by molar-refractivity contribution is 0.706. The third-order valence-electron chi connectivity index (χ3n) is 4.38. The molecular weight excluding hydrogens is 192 g/mol. The first-order valence-corrected chi connectivity index (χ1v) is 5.98. The number of allylic oxidation sites excluding steroid dienone is 4. The maximum atomic E-state index is 2.32. The molecule has 0 heterocycles. The van der Waals surface area contributed by atoms with Crippen LogP contribution in [0.1, 0.15) is 38.8 Å². The molecule has 1 aromatic rings. The third-order valence-corrected chi connectivity index (χ3v) is 4.38. The van der Waals surface area contributed by atoms with E-state index in [4.69, 9.17) is 0 Å². The minimum Gasteiger partial charge on any atom is -0.0614 e. The van der Waals surface area contributed by atoms with Crippen molar-refractivity contribution in [2.75, 3.05) is 0 Å². The largest absolute Gasteiger partial charge is 0.124 e. The average molecular weight is 209 g/mol. The molecule has 3 rings (SSSR count). The van der Waals surface area contributed by atoms with Gasteiger partial charge in [-0.15, -0.1) is 0 Å². The first-order valence-electron chi connectivity index (χ1n) is 5.98. The van der Waals surface area contributed by atoms with Gasteiger partial charge < -0.3 is 0 Å². The van der Waals surface area contributed by atoms with E-state index in [1.165, 1.54) is 39.3 Å². The fourth-order valence-electron chi connectivity index (χ4n) is 2.99. The van der Waals surface area contributed by atoms with Crippen molar-refractivity contribution in [1.82, 2.24) is 0 Å². The van der Waals surface area contributed by atoms with Crippen molar-refractivity contribution in [2.24, 2.45) is 5.92 Å². The molecular formula is C16H17+. The smallest absolute Gasteiger partial charge is 0.0614 e. The molecule has 0 aromatic heterocycles. The fourth-order valence-corrected chi connectivity index (χ4v) is 2.99. The molecule has 0 aliphatic heterocycles. The van der Waals surface area contributed by atoms with Crippen LogP contribution in [0.2, 0.25) is 0 Å². The van der Waals surface area contributed by atoms with Crippen LogP contribution in [0.4, 0.5) is 0 Å². The molecule has 1 unspecified atom stereocenters. The molecule has 16 heavy (non-hydrogen) atoms. The van der Waals surface area contributed by atoms with E-state index in [1.54, 1.807) is 0 Å². The van der Waals surface area contributed by atoms with Crippen LogP contribution in [0.5, 0.6) is 0 Å². The van der Waals surface area contributed by atoms with Gasteiger partial charge >= 0.3 is 0 Å². The van der Waals surface area contributed by atoms with Crippen LogP contribution in [0.25, 0.3) is 11.1 Å². The molecule has 2 aliphatic rings. The highest BCUT2D eigenvalue weighted by atomic mass is 14.4. The van der Waals surface area contributed by atoms with E-state index in [2.05, 4.69) is 52.0 Å². The summed E-state index contributed by atoms with van der Waals surface area (Å²) in [5, 5.41) is 0. The lowest BCUT2D eigenvalue weighted by Gasteiger charge is -2.32. The summed E-state index contributed by atoms with van der Waals surface area (Å²) >= 11 is 0. The van der Waals surface area contributed by atoms with E-state index in [0.29, 0.717) is 5.92 Å². The Kier molecular flexibility index (Phi) is 1.85. The van der Waals surface area contributed by atoms with Crippen LogP contribution in [0.3, 0.4) is 0 Å². The van der Waals surface area contributed by atoms with Gasteiger partial charge in [0.2, 0.25) is 0 Å². The Bertz CT molecular complexity index is 480. The predicted octanol–water partition coefficient (Wildman–Crippen LogP) is 4.49. The Balaban J connectivity index is 2.31. The Labute approximate surface area is 97.7 Å². The zero-order valence-corrected chi connectivity index (χ0v) is 10.4. The molecule has 1 atom stereocenters. The predicted molar refractivity (Wildman–Crippen MR) is 69.7 cm³/mol. The highest BCUT2D eigenvalue weighted by Gasteiger charge is 2.45. The summed E-state index contributed by atoms with van der Waals surface area (Å²) in [6.45, 7) is 9.14. The summed E-state index contributed by atoms with van der Waals surface area (Å²) in [6.07, 6.45) is 0. The Morgan fingerprint density at radius 1 is 1.00 bits per heavy atom. The second-order valence-electron chi connectivity index (χ2n) is 5.01. The molecule has 0 spiro atoms. The van der Waals surface area contributed by atoms with Gasteiger partial charge in [-0.3, -0.25) is 0 Å². The monoisotopic (exact) mass is 209 g/mol. The first kappa shape index (κ1) is 9.77. The second kappa shape index (κ2) is 3.04. The minimum absolute atomic E-state index is 0.604. The normalized spacial score (nSPS) is 23.0. The number of hydrogen-bond donors (Lipinski definition) is 0. The summed E-state index contributed by atoms with van der Waals surface area (Å²) in [4.78, 5) is 0. The highest BCUT2D eigenvalue weighted by Crippen LogP contribution is 2.55. The number of rotatable bonds is 0. The van der Waals surface area contributed by atoms with Crippen molar-refractivity contribution in [3.8, 4) is 0 Å². The lowest BCUT2D eigenvalue weighted by atomic mass is 9.64. The SMILES string of the molecule is CC1=C2C(=C(C)C(C)[C+]1C)c1ccccc12. The van der Waals surface area contributed by atoms with Gasteiger partial charge in [-0.25, -0.2) is 0 Å². The molecule has 2 aliphatic carbocycles. The summed E-state index contributed by atoms with van der Waals surface area (Å²) < 4.78 is 0. The topological polar surface area (TPSA) is 0 Å². The van der Waals surface area contributed by atoms with Crippen molar-refractivity contribution in [3.05, 3.63) is 52.5 Å².